The molecule has 1 aromatic heterocycles. The van der Waals surface area contributed by atoms with Crippen LogP contribution in [0.15, 0.2) is 53.4 Å². The SMILES string of the molecule is Cc1ccc(S(=O)(=O)N2CCC[C@@H]2C(=O)N2CCC(c3nc4ccccc4s3)CC2)cc1. The molecule has 2 fully saturated rings. The van der Waals surface area contributed by atoms with Crippen LogP contribution in [0.3, 0.4) is 0 Å². The molecule has 0 saturated carbocycles. The maximum Gasteiger partial charge on any atom is 0.243 e. The Morgan fingerprint density at radius 3 is 2.44 bits per heavy atom. The predicted molar refractivity (Wildman–Crippen MR) is 126 cm³/mol. The van der Waals surface area contributed by atoms with Gasteiger partial charge in [0.2, 0.25) is 15.9 Å². The zero-order valence-corrected chi connectivity index (χ0v) is 19.7. The van der Waals surface area contributed by atoms with E-state index in [1.54, 1.807) is 35.6 Å². The number of fused-ring (bicyclic) bond motifs is 1. The second kappa shape index (κ2) is 8.57. The van der Waals surface area contributed by atoms with Crippen LogP contribution in [0.5, 0.6) is 0 Å². The number of aromatic nitrogens is 1. The maximum absolute atomic E-state index is 13.3. The Balaban J connectivity index is 1.27. The number of carbonyl (C=O) groups excluding carboxylic acids is 1. The Hall–Kier alpha value is -2.29. The number of nitrogens with zero attached hydrogens (tertiary/aromatic N) is 3. The van der Waals surface area contributed by atoms with Gasteiger partial charge in [0.1, 0.15) is 6.04 Å². The molecule has 32 heavy (non-hydrogen) atoms. The standard InChI is InChI=1S/C24H27N3O3S2/c1-17-8-10-19(11-9-17)32(29,30)27-14-4-6-21(27)24(28)26-15-12-18(13-16-26)23-25-20-5-2-3-7-22(20)31-23/h2-3,5,7-11,18,21H,4,6,12-16H2,1H3/t21-/m1/s1. The van der Waals surface area contributed by atoms with E-state index in [9.17, 15) is 13.2 Å². The Morgan fingerprint density at radius 1 is 1.00 bits per heavy atom. The lowest BCUT2D eigenvalue weighted by molar-refractivity contribution is -0.135. The van der Waals surface area contributed by atoms with Crippen LogP contribution in [0.2, 0.25) is 0 Å². The Kier molecular flexibility index (Phi) is 5.77. The number of rotatable bonds is 4. The van der Waals surface area contributed by atoms with E-state index in [2.05, 4.69) is 6.07 Å². The highest BCUT2D eigenvalue weighted by Crippen LogP contribution is 2.35. The molecule has 1 atom stereocenters. The van der Waals surface area contributed by atoms with Crippen molar-refractivity contribution in [2.45, 2.75) is 49.5 Å². The summed E-state index contributed by atoms with van der Waals surface area (Å²) in [5, 5.41) is 1.14. The van der Waals surface area contributed by atoms with Crippen molar-refractivity contribution in [3.63, 3.8) is 0 Å². The van der Waals surface area contributed by atoms with Crippen molar-refractivity contribution in [1.29, 1.82) is 0 Å². The van der Waals surface area contributed by atoms with Crippen LogP contribution in [0, 0.1) is 6.92 Å². The number of likely N-dealkylation sites (tertiary alicyclic amines) is 1. The fourth-order valence-electron chi connectivity index (χ4n) is 4.74. The monoisotopic (exact) mass is 469 g/mol. The summed E-state index contributed by atoms with van der Waals surface area (Å²) in [5.41, 5.74) is 2.04. The first-order valence-corrected chi connectivity index (χ1v) is 13.4. The number of benzene rings is 2. The van der Waals surface area contributed by atoms with Gasteiger partial charge in [-0.15, -0.1) is 11.3 Å². The summed E-state index contributed by atoms with van der Waals surface area (Å²) in [6.45, 7) is 3.62. The highest BCUT2D eigenvalue weighted by atomic mass is 32.2. The van der Waals surface area contributed by atoms with E-state index in [4.69, 9.17) is 4.98 Å². The van der Waals surface area contributed by atoms with Gasteiger partial charge >= 0.3 is 0 Å². The summed E-state index contributed by atoms with van der Waals surface area (Å²) >= 11 is 1.74. The molecule has 1 amide bonds. The van der Waals surface area contributed by atoms with Crippen molar-refractivity contribution in [3.05, 3.63) is 59.1 Å². The van der Waals surface area contributed by atoms with Crippen molar-refractivity contribution >= 4 is 37.5 Å². The van der Waals surface area contributed by atoms with Crippen molar-refractivity contribution < 1.29 is 13.2 Å². The summed E-state index contributed by atoms with van der Waals surface area (Å²) in [7, 11) is -3.68. The van der Waals surface area contributed by atoms with Crippen LogP contribution in [0.1, 0.15) is 42.2 Å². The number of para-hydroxylation sites is 1. The first-order valence-electron chi connectivity index (χ1n) is 11.2. The van der Waals surface area contributed by atoms with E-state index in [0.29, 0.717) is 38.4 Å². The third-order valence-electron chi connectivity index (χ3n) is 6.58. The fourth-order valence-corrected chi connectivity index (χ4v) is 7.53. The lowest BCUT2D eigenvalue weighted by Gasteiger charge is -2.34. The van der Waals surface area contributed by atoms with Crippen molar-refractivity contribution in [1.82, 2.24) is 14.2 Å². The van der Waals surface area contributed by atoms with Gasteiger partial charge in [0, 0.05) is 25.6 Å². The Morgan fingerprint density at radius 2 is 1.72 bits per heavy atom. The predicted octanol–water partition coefficient (Wildman–Crippen LogP) is 4.16. The summed E-state index contributed by atoms with van der Waals surface area (Å²) in [6.07, 6.45) is 3.03. The Bertz CT molecular complexity index is 1200. The molecule has 0 bridgehead atoms. The summed E-state index contributed by atoms with van der Waals surface area (Å²) in [5.74, 6) is 0.299. The lowest BCUT2D eigenvalue weighted by atomic mass is 9.97. The number of aryl methyl sites for hydroxylation is 1. The van der Waals surface area contributed by atoms with E-state index in [1.165, 1.54) is 9.01 Å². The number of carbonyl (C=O) groups is 1. The van der Waals surface area contributed by atoms with Gasteiger partial charge in [-0.25, -0.2) is 13.4 Å². The normalized spacial score (nSPS) is 20.8. The molecule has 168 valence electrons. The molecular weight excluding hydrogens is 442 g/mol. The smallest absolute Gasteiger partial charge is 0.243 e. The summed E-state index contributed by atoms with van der Waals surface area (Å²) < 4.78 is 29.0. The summed E-state index contributed by atoms with van der Waals surface area (Å²) in [4.78, 5) is 20.2. The van der Waals surface area contributed by atoms with Crippen LogP contribution in [-0.4, -0.2) is 54.2 Å². The number of amides is 1. The minimum Gasteiger partial charge on any atom is -0.341 e. The molecule has 3 aromatic rings. The van der Waals surface area contributed by atoms with E-state index < -0.39 is 16.1 Å². The quantitative estimate of drug-likeness (QED) is 0.575. The van der Waals surface area contributed by atoms with Gasteiger partial charge in [-0.1, -0.05) is 29.8 Å². The molecule has 5 rings (SSSR count). The summed E-state index contributed by atoms with van der Waals surface area (Å²) in [6, 6.07) is 14.4. The molecule has 2 aliphatic rings. The highest BCUT2D eigenvalue weighted by Gasteiger charge is 2.41. The molecular formula is C24H27N3O3S2. The average molecular weight is 470 g/mol. The van der Waals surface area contributed by atoms with Crippen LogP contribution >= 0.6 is 11.3 Å². The molecule has 2 aliphatic heterocycles. The zero-order chi connectivity index (χ0) is 22.3. The Labute approximate surface area is 192 Å². The largest absolute Gasteiger partial charge is 0.341 e. The van der Waals surface area contributed by atoms with Gasteiger partial charge < -0.3 is 4.90 Å². The van der Waals surface area contributed by atoms with Crippen LogP contribution < -0.4 is 0 Å². The molecule has 0 radical (unpaired) electrons. The second-order valence-electron chi connectivity index (χ2n) is 8.71. The molecule has 0 N–H and O–H groups in total. The molecule has 3 heterocycles. The van der Waals surface area contributed by atoms with Crippen molar-refractivity contribution in [2.75, 3.05) is 19.6 Å². The van der Waals surface area contributed by atoms with Gasteiger partial charge in [0.05, 0.1) is 20.1 Å². The van der Waals surface area contributed by atoms with Gasteiger partial charge in [-0.3, -0.25) is 4.79 Å². The first-order chi connectivity index (χ1) is 15.4. The number of sulfonamides is 1. The van der Waals surface area contributed by atoms with Gasteiger partial charge in [0.15, 0.2) is 0 Å². The molecule has 0 aliphatic carbocycles. The lowest BCUT2D eigenvalue weighted by Crippen LogP contribution is -2.49. The molecule has 0 spiro atoms. The third-order valence-corrected chi connectivity index (χ3v) is 9.70. The maximum atomic E-state index is 13.3. The van der Waals surface area contributed by atoms with Crippen molar-refractivity contribution in [2.24, 2.45) is 0 Å². The van der Waals surface area contributed by atoms with Crippen LogP contribution in [0.25, 0.3) is 10.2 Å². The van der Waals surface area contributed by atoms with Gasteiger partial charge in [-0.05, 0) is 56.9 Å². The molecule has 6 nitrogen and oxygen atoms in total. The second-order valence-corrected chi connectivity index (χ2v) is 11.7. The molecule has 2 aromatic carbocycles. The van der Waals surface area contributed by atoms with Crippen LogP contribution in [-0.2, 0) is 14.8 Å². The average Bonchev–Trinajstić information content (AvgIpc) is 3.47. The van der Waals surface area contributed by atoms with Crippen LogP contribution in [0.4, 0.5) is 0 Å². The topological polar surface area (TPSA) is 70.6 Å². The molecule has 8 heteroatoms. The van der Waals surface area contributed by atoms with E-state index >= 15 is 0 Å². The minimum atomic E-state index is -3.68. The highest BCUT2D eigenvalue weighted by molar-refractivity contribution is 7.89. The number of piperidine rings is 1. The van der Waals surface area contributed by atoms with Crippen molar-refractivity contribution in [3.8, 4) is 0 Å². The molecule has 2 saturated heterocycles. The number of thiazole rings is 1. The number of hydrogen-bond donors (Lipinski definition) is 0. The third kappa shape index (κ3) is 3.95. The van der Waals surface area contributed by atoms with Gasteiger partial charge in [0.25, 0.3) is 0 Å². The number of hydrogen-bond acceptors (Lipinski definition) is 5. The zero-order valence-electron chi connectivity index (χ0n) is 18.1. The molecule has 0 unspecified atom stereocenters. The van der Waals surface area contributed by atoms with E-state index in [-0.39, 0.29) is 10.8 Å². The van der Waals surface area contributed by atoms with Gasteiger partial charge in [-0.2, -0.15) is 4.31 Å². The van der Waals surface area contributed by atoms with E-state index in [1.807, 2.05) is 30.0 Å². The minimum absolute atomic E-state index is 0.0547. The first kappa shape index (κ1) is 21.6. The van der Waals surface area contributed by atoms with E-state index in [0.717, 1.165) is 28.9 Å². The fraction of sp³-hybridized carbons (Fsp3) is 0.417.